The Hall–Kier alpha value is -2.50. The molecule has 1 aliphatic rings. The van der Waals surface area contributed by atoms with Gasteiger partial charge < -0.3 is 15.2 Å². The van der Waals surface area contributed by atoms with Gasteiger partial charge >= 0.3 is 6.18 Å². The molecule has 0 fully saturated rings. The maximum absolute atomic E-state index is 13.4. The molecule has 1 aromatic rings. The first-order valence-corrected chi connectivity index (χ1v) is 5.43. The highest BCUT2D eigenvalue weighted by Gasteiger charge is 2.67. The minimum Gasteiger partial charge on any atom is -0.360 e. The van der Waals surface area contributed by atoms with E-state index in [1.807, 2.05) is 10.6 Å². The van der Waals surface area contributed by atoms with Crippen LogP contribution < -0.4 is 10.6 Å². The molecule has 0 aliphatic carbocycles. The minimum atomic E-state index is -5.02. The number of nitrogens with one attached hydrogen (secondary N) is 2. The van der Waals surface area contributed by atoms with Crippen molar-refractivity contribution in [2.75, 3.05) is 5.32 Å². The fourth-order valence-electron chi connectivity index (χ4n) is 1.97. The topological polar surface area (TPSA) is 91.0 Å². The molecule has 106 valence electrons. The molecular formula is C11H9F3N4O2. The molecule has 2 rings (SSSR count). The van der Waals surface area contributed by atoms with Crippen molar-refractivity contribution in [2.45, 2.75) is 25.6 Å². The molecule has 9 heteroatoms. The fraction of sp³-hybridized carbons (Fsp3) is 0.364. The Morgan fingerprint density at radius 1 is 1.50 bits per heavy atom. The number of carbonyl (C=O) groups is 1. The predicted molar refractivity (Wildman–Crippen MR) is 60.1 cm³/mol. The summed E-state index contributed by atoms with van der Waals surface area (Å²) in [5.74, 6) is -1.39. The van der Waals surface area contributed by atoms with Gasteiger partial charge in [0.15, 0.2) is 5.82 Å². The van der Waals surface area contributed by atoms with Crippen LogP contribution in [0.5, 0.6) is 0 Å². The van der Waals surface area contributed by atoms with Crippen LogP contribution in [0.1, 0.15) is 12.7 Å². The number of amides is 1. The van der Waals surface area contributed by atoms with Gasteiger partial charge in [-0.1, -0.05) is 5.16 Å². The fourth-order valence-corrected chi connectivity index (χ4v) is 1.97. The Morgan fingerprint density at radius 3 is 2.60 bits per heavy atom. The van der Waals surface area contributed by atoms with Gasteiger partial charge in [0.2, 0.25) is 0 Å². The van der Waals surface area contributed by atoms with Gasteiger partial charge in [-0.2, -0.15) is 18.4 Å². The number of hydrogen-bond acceptors (Lipinski definition) is 5. The summed E-state index contributed by atoms with van der Waals surface area (Å²) in [4.78, 5) is 11.8. The molecule has 2 heterocycles. The second kappa shape index (κ2) is 4.26. The Bertz CT molecular complexity index is 641. The van der Waals surface area contributed by atoms with E-state index in [-0.39, 0.29) is 17.3 Å². The molecule has 1 aromatic heterocycles. The number of nitrogens with zero attached hydrogens (tertiary/aromatic N) is 2. The third kappa shape index (κ3) is 1.80. The number of halogens is 3. The van der Waals surface area contributed by atoms with Gasteiger partial charge in [-0.05, 0) is 13.8 Å². The molecule has 0 spiro atoms. The van der Waals surface area contributed by atoms with Crippen molar-refractivity contribution < 1.29 is 22.5 Å². The molecule has 0 saturated carbocycles. The smallest absolute Gasteiger partial charge is 0.360 e. The minimum absolute atomic E-state index is 0.150. The third-order valence-corrected chi connectivity index (χ3v) is 2.87. The summed E-state index contributed by atoms with van der Waals surface area (Å²) in [7, 11) is 0. The second-order valence-electron chi connectivity index (χ2n) is 4.26. The maximum Gasteiger partial charge on any atom is 0.425 e. The van der Waals surface area contributed by atoms with Crippen LogP contribution in [0.3, 0.4) is 0 Å². The molecule has 0 bridgehead atoms. The summed E-state index contributed by atoms with van der Waals surface area (Å²) in [5, 5.41) is 16.3. The van der Waals surface area contributed by atoms with Crippen molar-refractivity contribution in [3.63, 3.8) is 0 Å². The van der Waals surface area contributed by atoms with Crippen LogP contribution in [0.25, 0.3) is 0 Å². The highest BCUT2D eigenvalue weighted by molar-refractivity contribution is 6.00. The number of anilines is 1. The normalized spacial score (nSPS) is 22.7. The summed E-state index contributed by atoms with van der Waals surface area (Å²) in [6.45, 7) is 2.71. The van der Waals surface area contributed by atoms with Gasteiger partial charge in [-0.15, -0.1) is 0 Å². The van der Waals surface area contributed by atoms with E-state index in [1.165, 1.54) is 26.0 Å². The quantitative estimate of drug-likeness (QED) is 0.862. The number of aromatic nitrogens is 1. The van der Waals surface area contributed by atoms with Crippen molar-refractivity contribution in [1.29, 1.82) is 5.26 Å². The van der Waals surface area contributed by atoms with E-state index in [1.54, 1.807) is 0 Å². The highest BCUT2D eigenvalue weighted by Crippen LogP contribution is 2.42. The average Bonchev–Trinajstić information content (AvgIpc) is 2.82. The maximum atomic E-state index is 13.4. The van der Waals surface area contributed by atoms with E-state index < -0.39 is 23.2 Å². The molecular weight excluding hydrogens is 277 g/mol. The van der Waals surface area contributed by atoms with E-state index in [9.17, 15) is 18.0 Å². The van der Waals surface area contributed by atoms with Crippen LogP contribution in [0, 0.1) is 18.3 Å². The number of nitriles is 1. The van der Waals surface area contributed by atoms with Crippen molar-refractivity contribution in [1.82, 2.24) is 10.5 Å². The van der Waals surface area contributed by atoms with Crippen molar-refractivity contribution >= 4 is 11.7 Å². The summed E-state index contributed by atoms with van der Waals surface area (Å²) in [6.07, 6.45) is -5.02. The van der Waals surface area contributed by atoms with Gasteiger partial charge in [0.05, 0.1) is 11.6 Å². The summed E-state index contributed by atoms with van der Waals surface area (Å²) >= 11 is 0. The van der Waals surface area contributed by atoms with Gasteiger partial charge in [-0.3, -0.25) is 4.79 Å². The number of carbonyl (C=O) groups excluding carboxylic acids is 1. The molecule has 1 unspecified atom stereocenters. The Kier molecular flexibility index (Phi) is 2.97. The van der Waals surface area contributed by atoms with Crippen LogP contribution in [0.15, 0.2) is 21.9 Å². The van der Waals surface area contributed by atoms with Gasteiger partial charge in [0, 0.05) is 11.8 Å². The zero-order chi connectivity index (χ0) is 15.1. The second-order valence-corrected chi connectivity index (χ2v) is 4.26. The predicted octanol–water partition coefficient (Wildman–Crippen LogP) is 1.62. The lowest BCUT2D eigenvalue weighted by molar-refractivity contribution is -0.174. The first-order valence-electron chi connectivity index (χ1n) is 5.43. The number of aryl methyl sites for hydroxylation is 1. The Balaban J connectivity index is 2.58. The SMILES string of the molecule is CC1=C(C#N)C(Nc2cc(C)on2)(C(F)(F)F)C(=O)N1. The van der Waals surface area contributed by atoms with E-state index in [0.29, 0.717) is 0 Å². The van der Waals surface area contributed by atoms with Gasteiger partial charge in [0.25, 0.3) is 11.4 Å². The molecule has 2 N–H and O–H groups in total. The van der Waals surface area contributed by atoms with Crippen LogP contribution in [0.4, 0.5) is 19.0 Å². The molecule has 0 saturated heterocycles. The lowest BCUT2D eigenvalue weighted by Crippen LogP contribution is -2.59. The number of hydrogen-bond donors (Lipinski definition) is 2. The number of allylic oxidation sites excluding steroid dienone is 1. The lowest BCUT2D eigenvalue weighted by atomic mass is 9.90. The average molecular weight is 286 g/mol. The molecule has 1 atom stereocenters. The largest absolute Gasteiger partial charge is 0.425 e. The molecule has 0 aromatic carbocycles. The Labute approximate surface area is 111 Å². The first-order chi connectivity index (χ1) is 9.22. The van der Waals surface area contributed by atoms with Crippen LogP contribution in [0.2, 0.25) is 0 Å². The van der Waals surface area contributed by atoms with E-state index in [4.69, 9.17) is 5.26 Å². The van der Waals surface area contributed by atoms with Crippen LogP contribution >= 0.6 is 0 Å². The summed E-state index contributed by atoms with van der Waals surface area (Å²) in [6, 6.07) is 2.62. The van der Waals surface area contributed by atoms with E-state index >= 15 is 0 Å². The zero-order valence-corrected chi connectivity index (χ0v) is 10.4. The van der Waals surface area contributed by atoms with E-state index in [0.717, 1.165) is 0 Å². The van der Waals surface area contributed by atoms with E-state index in [2.05, 4.69) is 9.68 Å². The molecule has 1 aliphatic heterocycles. The zero-order valence-electron chi connectivity index (χ0n) is 10.4. The molecule has 0 radical (unpaired) electrons. The van der Waals surface area contributed by atoms with Crippen molar-refractivity contribution in [2.24, 2.45) is 0 Å². The molecule has 20 heavy (non-hydrogen) atoms. The van der Waals surface area contributed by atoms with Crippen LogP contribution in [-0.4, -0.2) is 22.8 Å². The highest BCUT2D eigenvalue weighted by atomic mass is 19.4. The van der Waals surface area contributed by atoms with Crippen molar-refractivity contribution in [3.05, 3.63) is 23.1 Å². The molecule has 6 nitrogen and oxygen atoms in total. The van der Waals surface area contributed by atoms with Crippen molar-refractivity contribution in [3.8, 4) is 6.07 Å². The third-order valence-electron chi connectivity index (χ3n) is 2.87. The molecule has 1 amide bonds. The summed E-state index contributed by atoms with van der Waals surface area (Å²) < 4.78 is 44.9. The Morgan fingerprint density at radius 2 is 2.15 bits per heavy atom. The number of alkyl halides is 3. The van der Waals surface area contributed by atoms with Crippen LogP contribution in [-0.2, 0) is 4.79 Å². The van der Waals surface area contributed by atoms with Gasteiger partial charge in [0.1, 0.15) is 5.76 Å². The summed E-state index contributed by atoms with van der Waals surface area (Å²) in [5.41, 5.74) is -4.05. The standard InChI is InChI=1S/C11H9F3N4O2/c1-5-3-8(18-20-5)17-10(11(12,13)14)7(4-15)6(2)16-9(10)19/h3H,1-2H3,(H,16,19)(H,17,18). The first kappa shape index (κ1) is 13.9. The lowest BCUT2D eigenvalue weighted by Gasteiger charge is -2.30. The monoisotopic (exact) mass is 286 g/mol. The number of rotatable bonds is 2. The van der Waals surface area contributed by atoms with Gasteiger partial charge in [-0.25, -0.2) is 0 Å².